The summed E-state index contributed by atoms with van der Waals surface area (Å²) in [5.74, 6) is 0.532. The fourth-order valence-corrected chi connectivity index (χ4v) is 1.99. The van der Waals surface area contributed by atoms with Gasteiger partial charge in [0.25, 0.3) is 0 Å². The molecule has 0 atom stereocenters. The molecular formula is C13H15ClFN3. The molecule has 0 amide bonds. The Morgan fingerprint density at radius 3 is 2.83 bits per heavy atom. The van der Waals surface area contributed by atoms with E-state index in [4.69, 9.17) is 17.3 Å². The van der Waals surface area contributed by atoms with Crippen LogP contribution in [0.15, 0.2) is 24.5 Å². The van der Waals surface area contributed by atoms with Crippen LogP contribution < -0.4 is 5.73 Å². The Labute approximate surface area is 110 Å². The lowest BCUT2D eigenvalue weighted by molar-refractivity contribution is 0.527. The van der Waals surface area contributed by atoms with E-state index < -0.39 is 0 Å². The Morgan fingerprint density at radius 1 is 1.44 bits per heavy atom. The molecule has 5 heteroatoms. The summed E-state index contributed by atoms with van der Waals surface area (Å²) in [5.41, 5.74) is 6.77. The third-order valence-electron chi connectivity index (χ3n) is 2.62. The second-order valence-corrected chi connectivity index (χ2v) is 5.09. The first-order chi connectivity index (χ1) is 8.49. The predicted octanol–water partition coefficient (Wildman–Crippen LogP) is 3.58. The van der Waals surface area contributed by atoms with Gasteiger partial charge in [0.2, 0.25) is 0 Å². The van der Waals surface area contributed by atoms with Crippen LogP contribution in [0.4, 0.5) is 10.2 Å². The number of hydrogen-bond donors (Lipinski definition) is 1. The Kier molecular flexibility index (Phi) is 3.57. The van der Waals surface area contributed by atoms with Crippen LogP contribution in [0.1, 0.15) is 13.8 Å². The van der Waals surface area contributed by atoms with Crippen LogP contribution >= 0.6 is 11.6 Å². The minimum atomic E-state index is -0.374. The van der Waals surface area contributed by atoms with Gasteiger partial charge in [-0.05, 0) is 24.1 Å². The normalized spacial score (nSPS) is 11.2. The third-order valence-corrected chi connectivity index (χ3v) is 2.86. The van der Waals surface area contributed by atoms with Gasteiger partial charge < -0.3 is 10.3 Å². The van der Waals surface area contributed by atoms with Gasteiger partial charge in [0.1, 0.15) is 17.3 Å². The lowest BCUT2D eigenvalue weighted by atomic mass is 10.1. The fourth-order valence-electron chi connectivity index (χ4n) is 1.82. The summed E-state index contributed by atoms with van der Waals surface area (Å²) in [6, 6.07) is 4.36. The van der Waals surface area contributed by atoms with E-state index in [2.05, 4.69) is 18.8 Å². The van der Waals surface area contributed by atoms with E-state index in [1.165, 1.54) is 18.2 Å². The van der Waals surface area contributed by atoms with Crippen LogP contribution in [0.2, 0.25) is 5.02 Å². The summed E-state index contributed by atoms with van der Waals surface area (Å²) in [4.78, 5) is 4.18. The van der Waals surface area contributed by atoms with Crippen LogP contribution in [0.25, 0.3) is 11.3 Å². The average molecular weight is 268 g/mol. The molecule has 96 valence electrons. The highest BCUT2D eigenvalue weighted by atomic mass is 35.5. The van der Waals surface area contributed by atoms with Crippen LogP contribution in [-0.2, 0) is 6.54 Å². The summed E-state index contributed by atoms with van der Waals surface area (Å²) in [7, 11) is 0. The maximum atomic E-state index is 13.7. The predicted molar refractivity (Wildman–Crippen MR) is 71.9 cm³/mol. The summed E-state index contributed by atoms with van der Waals surface area (Å²) < 4.78 is 15.6. The maximum Gasteiger partial charge on any atom is 0.132 e. The molecule has 1 aromatic carbocycles. The molecule has 0 unspecified atom stereocenters. The highest BCUT2D eigenvalue weighted by Gasteiger charge is 2.14. The molecule has 2 N–H and O–H groups in total. The molecule has 2 rings (SSSR count). The number of hydrogen-bond acceptors (Lipinski definition) is 2. The molecule has 2 aromatic rings. The van der Waals surface area contributed by atoms with Gasteiger partial charge in [-0.3, -0.25) is 0 Å². The van der Waals surface area contributed by atoms with E-state index in [0.29, 0.717) is 28.0 Å². The van der Waals surface area contributed by atoms with Gasteiger partial charge in [0, 0.05) is 17.1 Å². The molecule has 0 spiro atoms. The second kappa shape index (κ2) is 4.98. The van der Waals surface area contributed by atoms with Crippen molar-refractivity contribution in [2.24, 2.45) is 5.92 Å². The minimum Gasteiger partial charge on any atom is -0.383 e. The van der Waals surface area contributed by atoms with Gasteiger partial charge >= 0.3 is 0 Å². The van der Waals surface area contributed by atoms with Gasteiger partial charge in [0.05, 0.1) is 6.33 Å². The zero-order valence-electron chi connectivity index (χ0n) is 10.3. The Balaban J connectivity index is 2.45. The Hall–Kier alpha value is -1.55. The lowest BCUT2D eigenvalue weighted by Crippen LogP contribution is -2.07. The number of nitrogens with zero attached hydrogens (tertiary/aromatic N) is 2. The SMILES string of the molecule is CC(C)Cn1cnc(-c2cc(Cl)ccc2F)c1N. The molecule has 0 bridgehead atoms. The number of nitrogens with two attached hydrogens (primary N) is 1. The number of imidazole rings is 1. The van der Waals surface area contributed by atoms with Gasteiger partial charge in [0.15, 0.2) is 0 Å². The largest absolute Gasteiger partial charge is 0.383 e. The van der Waals surface area contributed by atoms with E-state index in [9.17, 15) is 4.39 Å². The van der Waals surface area contributed by atoms with Gasteiger partial charge in [-0.25, -0.2) is 9.37 Å². The Morgan fingerprint density at radius 2 is 2.17 bits per heavy atom. The van der Waals surface area contributed by atoms with E-state index in [-0.39, 0.29) is 5.82 Å². The van der Waals surface area contributed by atoms with Crippen molar-refractivity contribution in [2.75, 3.05) is 5.73 Å². The van der Waals surface area contributed by atoms with Crippen molar-refractivity contribution in [1.29, 1.82) is 0 Å². The van der Waals surface area contributed by atoms with Crippen LogP contribution in [0.5, 0.6) is 0 Å². The molecular weight excluding hydrogens is 253 g/mol. The van der Waals surface area contributed by atoms with Gasteiger partial charge in [-0.2, -0.15) is 0 Å². The van der Waals surface area contributed by atoms with Gasteiger partial charge in [-0.15, -0.1) is 0 Å². The quantitative estimate of drug-likeness (QED) is 0.924. The maximum absolute atomic E-state index is 13.7. The number of benzene rings is 1. The number of halogens is 2. The summed E-state index contributed by atoms with van der Waals surface area (Å²) >= 11 is 5.87. The molecule has 0 saturated heterocycles. The zero-order chi connectivity index (χ0) is 13.3. The van der Waals surface area contributed by atoms with Crippen molar-refractivity contribution in [1.82, 2.24) is 9.55 Å². The number of nitrogen functional groups attached to an aromatic ring is 1. The summed E-state index contributed by atoms with van der Waals surface area (Å²) in [6.07, 6.45) is 1.63. The first-order valence-electron chi connectivity index (χ1n) is 5.75. The van der Waals surface area contributed by atoms with Crippen LogP contribution in [0, 0.1) is 11.7 Å². The highest BCUT2D eigenvalue weighted by molar-refractivity contribution is 6.30. The lowest BCUT2D eigenvalue weighted by Gasteiger charge is -2.08. The molecule has 0 aliphatic rings. The van der Waals surface area contributed by atoms with Crippen molar-refractivity contribution in [3.63, 3.8) is 0 Å². The van der Waals surface area contributed by atoms with Crippen molar-refractivity contribution in [3.05, 3.63) is 35.4 Å². The number of aromatic nitrogens is 2. The molecule has 0 aliphatic heterocycles. The average Bonchev–Trinajstić information content (AvgIpc) is 2.64. The van der Waals surface area contributed by atoms with E-state index in [0.717, 1.165) is 6.54 Å². The monoisotopic (exact) mass is 267 g/mol. The Bertz CT molecular complexity index is 563. The molecule has 3 nitrogen and oxygen atoms in total. The molecule has 1 aromatic heterocycles. The molecule has 0 radical (unpaired) electrons. The smallest absolute Gasteiger partial charge is 0.132 e. The van der Waals surface area contributed by atoms with Crippen molar-refractivity contribution in [2.45, 2.75) is 20.4 Å². The molecule has 1 heterocycles. The van der Waals surface area contributed by atoms with E-state index in [1.807, 2.05) is 4.57 Å². The van der Waals surface area contributed by atoms with E-state index >= 15 is 0 Å². The van der Waals surface area contributed by atoms with Crippen molar-refractivity contribution < 1.29 is 4.39 Å². The van der Waals surface area contributed by atoms with Crippen molar-refractivity contribution >= 4 is 17.4 Å². The van der Waals surface area contributed by atoms with Gasteiger partial charge in [-0.1, -0.05) is 25.4 Å². The molecule has 0 aliphatic carbocycles. The highest BCUT2D eigenvalue weighted by Crippen LogP contribution is 2.29. The topological polar surface area (TPSA) is 43.8 Å². The molecule has 0 saturated carbocycles. The third kappa shape index (κ3) is 2.48. The van der Waals surface area contributed by atoms with Crippen molar-refractivity contribution in [3.8, 4) is 11.3 Å². The summed E-state index contributed by atoms with van der Waals surface area (Å²) in [6.45, 7) is 4.92. The standard InChI is InChI=1S/C13H15ClFN3/c1-8(2)6-18-7-17-12(13(18)16)10-5-9(14)3-4-11(10)15/h3-5,7-8H,6,16H2,1-2H3. The van der Waals surface area contributed by atoms with Crippen LogP contribution in [-0.4, -0.2) is 9.55 Å². The van der Waals surface area contributed by atoms with Crippen LogP contribution in [0.3, 0.4) is 0 Å². The van der Waals surface area contributed by atoms with E-state index in [1.54, 1.807) is 6.33 Å². The molecule has 18 heavy (non-hydrogen) atoms. The fraction of sp³-hybridized carbons (Fsp3) is 0.308. The minimum absolute atomic E-state index is 0.336. The first-order valence-corrected chi connectivity index (χ1v) is 6.13. The summed E-state index contributed by atoms with van der Waals surface area (Å²) in [5, 5.41) is 0.462. The number of anilines is 1. The number of rotatable bonds is 3. The second-order valence-electron chi connectivity index (χ2n) is 4.65. The molecule has 0 fully saturated rings. The first kappa shape index (κ1) is 12.9. The zero-order valence-corrected chi connectivity index (χ0v) is 11.1.